The molecule has 3 fully saturated rings. The van der Waals surface area contributed by atoms with Crippen molar-refractivity contribution in [1.82, 2.24) is 24.5 Å². The Hall–Kier alpha value is -2.91. The topological polar surface area (TPSA) is 82.0 Å². The molecule has 3 aliphatic heterocycles. The van der Waals surface area contributed by atoms with Gasteiger partial charge in [0.2, 0.25) is 11.8 Å². The first kappa shape index (κ1) is 29.6. The second-order valence-electron chi connectivity index (χ2n) is 12.2. The fourth-order valence-corrected chi connectivity index (χ4v) is 7.09. The molecule has 3 saturated heterocycles. The number of hydrogen-bond donors (Lipinski definition) is 0. The van der Waals surface area contributed by atoms with E-state index in [-0.39, 0.29) is 23.6 Å². The van der Waals surface area contributed by atoms with Crippen LogP contribution >= 0.6 is 11.6 Å². The minimum absolute atomic E-state index is 0.0724. The van der Waals surface area contributed by atoms with Gasteiger partial charge in [-0.1, -0.05) is 17.7 Å². The second-order valence-corrected chi connectivity index (χ2v) is 12.6. The Labute approximate surface area is 248 Å². The first-order valence-electron chi connectivity index (χ1n) is 14.9. The first-order valence-corrected chi connectivity index (χ1v) is 15.3. The summed E-state index contributed by atoms with van der Waals surface area (Å²) < 4.78 is 1.79. The fraction of sp³-hybridized carbons (Fsp3) is 0.613. The zero-order valence-corrected chi connectivity index (χ0v) is 25.8. The maximum absolute atomic E-state index is 13.7. The molecule has 0 spiro atoms. The van der Waals surface area contributed by atoms with Crippen molar-refractivity contribution in [3.8, 4) is 0 Å². The van der Waals surface area contributed by atoms with Crippen LogP contribution in [-0.4, -0.2) is 94.6 Å². The van der Waals surface area contributed by atoms with Crippen molar-refractivity contribution in [1.29, 1.82) is 0 Å². The number of halogens is 1. The van der Waals surface area contributed by atoms with E-state index in [4.69, 9.17) is 11.6 Å². The molecule has 222 valence electrons. The van der Waals surface area contributed by atoms with Crippen LogP contribution in [0.5, 0.6) is 0 Å². The Balaban J connectivity index is 1.17. The number of fused-ring (bicyclic) bond motifs is 1. The fourth-order valence-electron chi connectivity index (χ4n) is 6.91. The molecule has 1 aromatic carbocycles. The lowest BCUT2D eigenvalue weighted by Crippen LogP contribution is -2.44. The lowest BCUT2D eigenvalue weighted by molar-refractivity contribution is -0.133. The van der Waals surface area contributed by atoms with Gasteiger partial charge in [0.1, 0.15) is 0 Å². The van der Waals surface area contributed by atoms with E-state index in [1.54, 1.807) is 11.6 Å². The Morgan fingerprint density at radius 2 is 1.66 bits per heavy atom. The lowest BCUT2D eigenvalue weighted by atomic mass is 9.94. The van der Waals surface area contributed by atoms with Gasteiger partial charge in [0.25, 0.3) is 5.91 Å². The smallest absolute Gasteiger partial charge is 0.257 e. The van der Waals surface area contributed by atoms with Gasteiger partial charge >= 0.3 is 0 Å². The lowest BCUT2D eigenvalue weighted by Gasteiger charge is -2.34. The number of carbonyl (C=O) groups excluding carboxylic acids is 3. The van der Waals surface area contributed by atoms with Gasteiger partial charge < -0.3 is 19.6 Å². The number of benzene rings is 1. The number of rotatable bonds is 7. The maximum Gasteiger partial charge on any atom is 0.257 e. The molecule has 0 aliphatic carbocycles. The molecule has 4 heterocycles. The average molecular weight is 583 g/mol. The molecular formula is C31H43ClN6O3. The highest BCUT2D eigenvalue weighted by atomic mass is 35.5. The van der Waals surface area contributed by atoms with Crippen molar-refractivity contribution in [3.63, 3.8) is 0 Å². The zero-order valence-electron chi connectivity index (χ0n) is 25.0. The van der Waals surface area contributed by atoms with Gasteiger partial charge in [-0.3, -0.25) is 19.1 Å². The predicted molar refractivity (Wildman–Crippen MR) is 160 cm³/mol. The molecule has 2 unspecified atom stereocenters. The standard InChI is InChI=1S/C31H43ClN6O3/c1-20-7-8-27(15-28(20)32)38(30(40)24-9-13-36(14-10-24)23(4)39)12-6-11-35-16-25-18-37(19-26(25)17-35)31(41)29-21(2)33-34(5)22(29)3/h7-8,15,24-26H,6,9-14,16-19H2,1-5H3. The number of nitrogens with zero attached hydrogens (tertiary/aromatic N) is 6. The molecule has 0 bridgehead atoms. The van der Waals surface area contributed by atoms with Gasteiger partial charge in [0.15, 0.2) is 0 Å². The Bertz CT molecular complexity index is 1300. The average Bonchev–Trinajstić information content (AvgIpc) is 3.59. The highest BCUT2D eigenvalue weighted by molar-refractivity contribution is 6.31. The number of amides is 3. The number of aryl methyl sites for hydroxylation is 3. The minimum atomic E-state index is -0.0903. The van der Waals surface area contributed by atoms with Crippen molar-refractivity contribution < 1.29 is 14.4 Å². The molecule has 3 aliphatic rings. The zero-order chi connectivity index (χ0) is 29.4. The Kier molecular flexibility index (Phi) is 8.76. The summed E-state index contributed by atoms with van der Waals surface area (Å²) in [7, 11) is 1.88. The van der Waals surface area contributed by atoms with Crippen molar-refractivity contribution in [3.05, 3.63) is 45.7 Å². The molecular weight excluding hydrogens is 540 g/mol. The third-order valence-electron chi connectivity index (χ3n) is 9.45. The molecule has 5 rings (SSSR count). The Morgan fingerprint density at radius 3 is 2.22 bits per heavy atom. The summed E-state index contributed by atoms with van der Waals surface area (Å²) in [5.74, 6) is 1.18. The SMILES string of the molecule is CC(=O)N1CCC(C(=O)N(CCCN2CC3CN(C(=O)c4c(C)nn(C)c4C)CC3C2)c2ccc(C)c(Cl)c2)CC1. The summed E-state index contributed by atoms with van der Waals surface area (Å²) in [6.45, 7) is 13.8. The van der Waals surface area contributed by atoms with Gasteiger partial charge in [-0.15, -0.1) is 0 Å². The van der Waals surface area contributed by atoms with Crippen molar-refractivity contribution in [2.75, 3.05) is 57.3 Å². The van der Waals surface area contributed by atoms with Gasteiger partial charge in [0, 0.05) is 82.1 Å². The summed E-state index contributed by atoms with van der Waals surface area (Å²) >= 11 is 6.46. The van der Waals surface area contributed by atoms with E-state index in [1.807, 2.05) is 60.7 Å². The highest BCUT2D eigenvalue weighted by Crippen LogP contribution is 2.33. The van der Waals surface area contributed by atoms with E-state index >= 15 is 0 Å². The van der Waals surface area contributed by atoms with Crippen LogP contribution in [-0.2, 0) is 16.6 Å². The number of hydrogen-bond acceptors (Lipinski definition) is 5. The summed E-state index contributed by atoms with van der Waals surface area (Å²) in [4.78, 5) is 47.0. The number of carbonyl (C=O) groups is 3. The minimum Gasteiger partial charge on any atom is -0.343 e. The van der Waals surface area contributed by atoms with Crippen molar-refractivity contribution in [2.45, 2.75) is 47.0 Å². The summed E-state index contributed by atoms with van der Waals surface area (Å²) in [5.41, 5.74) is 4.30. The molecule has 0 saturated carbocycles. The van der Waals surface area contributed by atoms with E-state index in [2.05, 4.69) is 10.00 Å². The normalized spacial score (nSPS) is 21.4. The van der Waals surface area contributed by atoms with Crippen LogP contribution < -0.4 is 4.90 Å². The number of piperidine rings is 1. The molecule has 2 atom stereocenters. The predicted octanol–water partition coefficient (Wildman–Crippen LogP) is 3.68. The van der Waals surface area contributed by atoms with Gasteiger partial charge in [0.05, 0.1) is 11.3 Å². The van der Waals surface area contributed by atoms with E-state index in [0.717, 1.165) is 67.3 Å². The van der Waals surface area contributed by atoms with Crippen LogP contribution in [0.25, 0.3) is 0 Å². The molecule has 1 aromatic heterocycles. The van der Waals surface area contributed by atoms with Gasteiger partial charge in [-0.2, -0.15) is 5.10 Å². The van der Waals surface area contributed by atoms with Crippen LogP contribution in [0, 0.1) is 38.5 Å². The maximum atomic E-state index is 13.7. The van der Waals surface area contributed by atoms with Gasteiger partial charge in [-0.25, -0.2) is 0 Å². The first-order chi connectivity index (χ1) is 19.5. The van der Waals surface area contributed by atoms with E-state index in [0.29, 0.717) is 49.3 Å². The second kappa shape index (κ2) is 12.1. The summed E-state index contributed by atoms with van der Waals surface area (Å²) in [6.07, 6.45) is 2.24. The Morgan fingerprint density at radius 1 is 1.00 bits per heavy atom. The van der Waals surface area contributed by atoms with Gasteiger partial charge in [-0.05, 0) is 76.1 Å². The molecule has 41 heavy (non-hydrogen) atoms. The molecule has 10 heteroatoms. The van der Waals surface area contributed by atoms with Crippen LogP contribution in [0.1, 0.15) is 53.5 Å². The molecule has 0 radical (unpaired) electrons. The van der Waals surface area contributed by atoms with Crippen LogP contribution in [0.15, 0.2) is 18.2 Å². The summed E-state index contributed by atoms with van der Waals surface area (Å²) in [6, 6.07) is 5.86. The van der Waals surface area contributed by atoms with Crippen LogP contribution in [0.3, 0.4) is 0 Å². The van der Waals surface area contributed by atoms with Crippen molar-refractivity contribution >= 4 is 35.0 Å². The number of likely N-dealkylation sites (tertiary alicyclic amines) is 3. The molecule has 0 N–H and O–H groups in total. The molecule has 9 nitrogen and oxygen atoms in total. The number of anilines is 1. The highest BCUT2D eigenvalue weighted by Gasteiger charge is 2.42. The molecule has 2 aromatic rings. The molecule has 3 amide bonds. The summed E-state index contributed by atoms with van der Waals surface area (Å²) in [5, 5.41) is 5.09. The van der Waals surface area contributed by atoms with E-state index in [9.17, 15) is 14.4 Å². The van der Waals surface area contributed by atoms with Crippen molar-refractivity contribution in [2.24, 2.45) is 24.8 Å². The third kappa shape index (κ3) is 6.16. The monoisotopic (exact) mass is 582 g/mol. The van der Waals surface area contributed by atoms with Crippen LogP contribution in [0.4, 0.5) is 5.69 Å². The quantitative estimate of drug-likeness (QED) is 0.497. The van der Waals surface area contributed by atoms with E-state index < -0.39 is 0 Å². The largest absolute Gasteiger partial charge is 0.343 e. The van der Waals surface area contributed by atoms with E-state index in [1.165, 1.54) is 0 Å². The van der Waals surface area contributed by atoms with Crippen LogP contribution in [0.2, 0.25) is 5.02 Å². The number of aromatic nitrogens is 2. The third-order valence-corrected chi connectivity index (χ3v) is 9.86.